The van der Waals surface area contributed by atoms with Gasteiger partial charge >= 0.3 is 0 Å². The van der Waals surface area contributed by atoms with Crippen molar-refractivity contribution in [2.24, 2.45) is 5.92 Å². The van der Waals surface area contributed by atoms with Crippen LogP contribution in [0.25, 0.3) is 10.2 Å². The third kappa shape index (κ3) is 2.73. The first-order valence-electron chi connectivity index (χ1n) is 5.66. The molecule has 2 heterocycles. The number of aromatic nitrogens is 2. The smallest absolute Gasteiger partial charge is 0.138 e. The monoisotopic (exact) mass is 251 g/mol. The van der Waals surface area contributed by atoms with Crippen molar-refractivity contribution in [1.29, 1.82) is 0 Å². The van der Waals surface area contributed by atoms with E-state index in [1.807, 2.05) is 11.4 Å². The Morgan fingerprint density at radius 3 is 2.94 bits per heavy atom. The number of anilines is 1. The second kappa shape index (κ2) is 5.42. The number of thiophene rings is 1. The zero-order valence-electron chi connectivity index (χ0n) is 10.3. The van der Waals surface area contributed by atoms with Gasteiger partial charge in [-0.05, 0) is 17.4 Å². The third-order valence-corrected chi connectivity index (χ3v) is 3.56. The highest BCUT2D eigenvalue weighted by molar-refractivity contribution is 7.16. The molecule has 92 valence electrons. The highest BCUT2D eigenvalue weighted by Crippen LogP contribution is 2.24. The molecule has 2 rings (SSSR count). The van der Waals surface area contributed by atoms with E-state index in [0.29, 0.717) is 12.5 Å². The average molecular weight is 251 g/mol. The molecule has 0 radical (unpaired) electrons. The van der Waals surface area contributed by atoms with Gasteiger partial charge in [0.15, 0.2) is 0 Å². The van der Waals surface area contributed by atoms with Crippen LogP contribution >= 0.6 is 11.3 Å². The van der Waals surface area contributed by atoms with Crippen LogP contribution in [0.3, 0.4) is 0 Å². The Balaban J connectivity index is 2.24. The molecule has 0 fully saturated rings. The Morgan fingerprint density at radius 2 is 2.24 bits per heavy atom. The first kappa shape index (κ1) is 12.3. The molecule has 1 unspecified atom stereocenters. The van der Waals surface area contributed by atoms with Gasteiger partial charge in [-0.15, -0.1) is 11.3 Å². The van der Waals surface area contributed by atoms with Crippen LogP contribution in [-0.4, -0.2) is 29.7 Å². The largest absolute Gasteiger partial charge is 0.383 e. The SMILES string of the molecule is COCC(Nc1ncnc2sccc12)C(C)C. The molecule has 17 heavy (non-hydrogen) atoms. The maximum Gasteiger partial charge on any atom is 0.138 e. The molecule has 0 saturated carbocycles. The van der Waals surface area contributed by atoms with Gasteiger partial charge in [0.2, 0.25) is 0 Å². The van der Waals surface area contributed by atoms with Gasteiger partial charge in [-0.25, -0.2) is 9.97 Å². The van der Waals surface area contributed by atoms with Crippen LogP contribution in [0.1, 0.15) is 13.8 Å². The maximum absolute atomic E-state index is 5.23. The van der Waals surface area contributed by atoms with E-state index in [0.717, 1.165) is 16.0 Å². The highest BCUT2D eigenvalue weighted by atomic mass is 32.1. The minimum atomic E-state index is 0.262. The molecular weight excluding hydrogens is 234 g/mol. The fourth-order valence-electron chi connectivity index (χ4n) is 1.66. The molecule has 1 N–H and O–H groups in total. The van der Waals surface area contributed by atoms with Crippen LogP contribution in [0.2, 0.25) is 0 Å². The highest BCUT2D eigenvalue weighted by Gasteiger charge is 2.15. The van der Waals surface area contributed by atoms with Crippen LogP contribution < -0.4 is 5.32 Å². The summed E-state index contributed by atoms with van der Waals surface area (Å²) >= 11 is 1.63. The van der Waals surface area contributed by atoms with Gasteiger partial charge < -0.3 is 10.1 Å². The van der Waals surface area contributed by atoms with Crippen LogP contribution in [-0.2, 0) is 4.74 Å². The summed E-state index contributed by atoms with van der Waals surface area (Å²) in [7, 11) is 1.72. The molecule has 0 aromatic carbocycles. The lowest BCUT2D eigenvalue weighted by molar-refractivity contribution is 0.171. The summed E-state index contributed by atoms with van der Waals surface area (Å²) in [6, 6.07) is 2.31. The zero-order valence-corrected chi connectivity index (χ0v) is 11.1. The lowest BCUT2D eigenvalue weighted by Crippen LogP contribution is -2.30. The molecule has 2 aromatic rings. The van der Waals surface area contributed by atoms with E-state index in [4.69, 9.17) is 4.74 Å². The molecule has 4 nitrogen and oxygen atoms in total. The number of nitrogens with one attached hydrogen (secondary N) is 1. The normalized spacial score (nSPS) is 13.2. The Hall–Kier alpha value is -1.20. The van der Waals surface area contributed by atoms with Crippen molar-refractivity contribution in [3.63, 3.8) is 0 Å². The molecule has 0 aliphatic heterocycles. The van der Waals surface area contributed by atoms with E-state index in [1.165, 1.54) is 0 Å². The summed E-state index contributed by atoms with van der Waals surface area (Å²) < 4.78 is 5.23. The van der Waals surface area contributed by atoms with E-state index in [2.05, 4.69) is 29.1 Å². The van der Waals surface area contributed by atoms with Gasteiger partial charge in [0, 0.05) is 7.11 Å². The van der Waals surface area contributed by atoms with Crippen molar-refractivity contribution >= 4 is 27.4 Å². The summed E-state index contributed by atoms with van der Waals surface area (Å²) in [5.41, 5.74) is 0. The molecule has 0 saturated heterocycles. The molecule has 0 bridgehead atoms. The van der Waals surface area contributed by atoms with Gasteiger partial charge in [0.25, 0.3) is 0 Å². The number of ether oxygens (including phenoxy) is 1. The number of methoxy groups -OCH3 is 1. The summed E-state index contributed by atoms with van der Waals surface area (Å²) in [6.07, 6.45) is 1.60. The predicted octanol–water partition coefficient (Wildman–Crippen LogP) is 2.77. The Kier molecular flexibility index (Phi) is 3.91. The van der Waals surface area contributed by atoms with E-state index >= 15 is 0 Å². The van der Waals surface area contributed by atoms with Crippen LogP contribution in [0.5, 0.6) is 0 Å². The van der Waals surface area contributed by atoms with Gasteiger partial charge in [-0.2, -0.15) is 0 Å². The summed E-state index contributed by atoms with van der Waals surface area (Å²) in [5, 5.41) is 6.55. The molecule has 0 aliphatic carbocycles. The second-order valence-corrected chi connectivity index (χ2v) is 5.21. The van der Waals surface area contributed by atoms with Crippen LogP contribution in [0.15, 0.2) is 17.8 Å². The molecule has 5 heteroatoms. The fourth-order valence-corrected chi connectivity index (χ4v) is 2.39. The fraction of sp³-hybridized carbons (Fsp3) is 0.500. The zero-order chi connectivity index (χ0) is 12.3. The first-order chi connectivity index (χ1) is 8.22. The lowest BCUT2D eigenvalue weighted by atomic mass is 10.1. The Labute approximate surface area is 105 Å². The standard InChI is InChI=1S/C12H17N3OS/c1-8(2)10(6-16-3)15-11-9-4-5-17-12(9)14-7-13-11/h4-5,7-8,10H,6H2,1-3H3,(H,13,14,15). The van der Waals surface area contributed by atoms with Crippen molar-refractivity contribution in [2.45, 2.75) is 19.9 Å². The van der Waals surface area contributed by atoms with Crippen molar-refractivity contribution in [3.05, 3.63) is 17.8 Å². The molecule has 0 spiro atoms. The molecule has 0 aliphatic rings. The van der Waals surface area contributed by atoms with Gasteiger partial charge in [-0.3, -0.25) is 0 Å². The topological polar surface area (TPSA) is 47.0 Å². The molecule has 0 amide bonds. The van der Waals surface area contributed by atoms with Crippen molar-refractivity contribution in [2.75, 3.05) is 19.0 Å². The minimum Gasteiger partial charge on any atom is -0.383 e. The number of hydrogen-bond donors (Lipinski definition) is 1. The molecular formula is C12H17N3OS. The van der Waals surface area contributed by atoms with Gasteiger partial charge in [0.05, 0.1) is 18.0 Å². The van der Waals surface area contributed by atoms with Crippen molar-refractivity contribution in [3.8, 4) is 0 Å². The van der Waals surface area contributed by atoms with E-state index in [1.54, 1.807) is 24.8 Å². The Bertz CT molecular complexity index is 483. The van der Waals surface area contributed by atoms with Crippen LogP contribution in [0, 0.1) is 5.92 Å². The number of fused-ring (bicyclic) bond motifs is 1. The van der Waals surface area contributed by atoms with Crippen LogP contribution in [0.4, 0.5) is 5.82 Å². The molecule has 1 atom stereocenters. The summed E-state index contributed by atoms with van der Waals surface area (Å²) in [5.74, 6) is 1.38. The van der Waals surface area contributed by atoms with Crippen molar-refractivity contribution < 1.29 is 4.74 Å². The van der Waals surface area contributed by atoms with Gasteiger partial charge in [0.1, 0.15) is 17.0 Å². The number of rotatable bonds is 5. The average Bonchev–Trinajstić information content (AvgIpc) is 2.77. The predicted molar refractivity (Wildman–Crippen MR) is 71.5 cm³/mol. The van der Waals surface area contributed by atoms with Gasteiger partial charge in [-0.1, -0.05) is 13.8 Å². The third-order valence-electron chi connectivity index (χ3n) is 2.73. The number of hydrogen-bond acceptors (Lipinski definition) is 5. The number of nitrogens with zero attached hydrogens (tertiary/aromatic N) is 2. The summed E-state index contributed by atoms with van der Waals surface area (Å²) in [6.45, 7) is 5.01. The van der Waals surface area contributed by atoms with Crippen molar-refractivity contribution in [1.82, 2.24) is 9.97 Å². The second-order valence-electron chi connectivity index (χ2n) is 4.31. The lowest BCUT2D eigenvalue weighted by Gasteiger charge is -2.22. The first-order valence-corrected chi connectivity index (χ1v) is 6.54. The van der Waals surface area contributed by atoms with E-state index in [-0.39, 0.29) is 6.04 Å². The van der Waals surface area contributed by atoms with E-state index in [9.17, 15) is 0 Å². The summed E-state index contributed by atoms with van der Waals surface area (Å²) in [4.78, 5) is 9.56. The Morgan fingerprint density at radius 1 is 1.41 bits per heavy atom. The minimum absolute atomic E-state index is 0.262. The maximum atomic E-state index is 5.23. The quantitative estimate of drug-likeness (QED) is 0.887. The molecule has 2 aromatic heterocycles. The van der Waals surface area contributed by atoms with E-state index < -0.39 is 0 Å².